The first-order chi connectivity index (χ1) is 9.97. The summed E-state index contributed by atoms with van der Waals surface area (Å²) in [6.07, 6.45) is 0. The van der Waals surface area contributed by atoms with E-state index in [-0.39, 0.29) is 5.91 Å². The number of rotatable bonds is 6. The van der Waals surface area contributed by atoms with Crippen molar-refractivity contribution in [2.24, 2.45) is 0 Å². The van der Waals surface area contributed by atoms with E-state index in [0.717, 1.165) is 4.90 Å². The van der Waals surface area contributed by atoms with Crippen molar-refractivity contribution < 1.29 is 14.3 Å². The van der Waals surface area contributed by atoms with Crippen LogP contribution in [0, 0.1) is 0 Å². The zero-order valence-electron chi connectivity index (χ0n) is 12.4. The Balaban J connectivity index is 2.69. The Kier molecular flexibility index (Phi) is 6.87. The van der Waals surface area contributed by atoms with Gasteiger partial charge in [0.25, 0.3) is 0 Å². The molecule has 0 saturated heterocycles. The minimum Gasteiger partial charge on any atom is -0.494 e. The maximum atomic E-state index is 11.9. The highest BCUT2D eigenvalue weighted by atomic mass is 32.2. The fraction of sp³-hybridized carbons (Fsp3) is 0.429. The summed E-state index contributed by atoms with van der Waals surface area (Å²) < 4.78 is 5.41. The van der Waals surface area contributed by atoms with Crippen molar-refractivity contribution in [1.29, 1.82) is 0 Å². The lowest BCUT2D eigenvalue weighted by atomic mass is 10.3. The van der Waals surface area contributed by atoms with E-state index in [1.807, 2.05) is 6.92 Å². The zero-order chi connectivity index (χ0) is 15.8. The molecule has 0 aliphatic rings. The average molecular weight is 311 g/mol. The summed E-state index contributed by atoms with van der Waals surface area (Å²) in [6, 6.07) is 4.81. The molecule has 0 aliphatic carbocycles. The van der Waals surface area contributed by atoms with Crippen molar-refractivity contribution in [3.8, 4) is 5.75 Å². The first-order valence-electron chi connectivity index (χ1n) is 6.75. The predicted octanol–water partition coefficient (Wildman–Crippen LogP) is 1.99. The topological polar surface area (TPSA) is 93.5 Å². The van der Waals surface area contributed by atoms with Crippen LogP contribution in [-0.4, -0.2) is 30.3 Å². The van der Waals surface area contributed by atoms with E-state index in [1.54, 1.807) is 32.0 Å². The zero-order valence-corrected chi connectivity index (χ0v) is 13.3. The lowest BCUT2D eigenvalue weighted by Crippen LogP contribution is -2.42. The Bertz CT molecular complexity index is 508. The standard InChI is InChI=1S/C14H21N3O3S/c1-4-16-14(19)17-13(18)9(3)21-12-8-10(20-5-2)6-7-11(12)15/h6-9H,4-5,15H2,1-3H3,(H2,16,17,18,19). The monoisotopic (exact) mass is 311 g/mol. The van der Waals surface area contributed by atoms with Crippen molar-refractivity contribution in [3.63, 3.8) is 0 Å². The third-order valence-corrected chi connectivity index (χ3v) is 3.72. The number of urea groups is 1. The molecule has 21 heavy (non-hydrogen) atoms. The molecule has 0 saturated carbocycles. The lowest BCUT2D eigenvalue weighted by molar-refractivity contribution is -0.119. The summed E-state index contributed by atoms with van der Waals surface area (Å²) in [5.74, 6) is 0.331. The van der Waals surface area contributed by atoms with Crippen LogP contribution < -0.4 is 21.1 Å². The molecule has 6 nitrogen and oxygen atoms in total. The highest BCUT2D eigenvalue weighted by Crippen LogP contribution is 2.32. The number of imide groups is 1. The Morgan fingerprint density at radius 1 is 1.38 bits per heavy atom. The fourth-order valence-electron chi connectivity index (χ4n) is 1.54. The molecule has 7 heteroatoms. The molecule has 4 N–H and O–H groups in total. The van der Waals surface area contributed by atoms with Gasteiger partial charge in [-0.1, -0.05) is 0 Å². The van der Waals surface area contributed by atoms with Crippen molar-refractivity contribution in [2.45, 2.75) is 30.9 Å². The third kappa shape index (κ3) is 5.55. The van der Waals surface area contributed by atoms with Crippen LogP contribution >= 0.6 is 11.8 Å². The van der Waals surface area contributed by atoms with Crippen LogP contribution in [0.2, 0.25) is 0 Å². The molecule has 1 atom stereocenters. The molecule has 1 aromatic rings. The third-order valence-electron chi connectivity index (χ3n) is 2.54. The number of nitrogens with two attached hydrogens (primary N) is 1. The maximum absolute atomic E-state index is 11.9. The SMILES string of the molecule is CCNC(=O)NC(=O)C(C)Sc1cc(OCC)ccc1N. The number of anilines is 1. The van der Waals surface area contributed by atoms with Gasteiger partial charge in [0.1, 0.15) is 5.75 Å². The van der Waals surface area contributed by atoms with Crippen LogP contribution in [0.15, 0.2) is 23.1 Å². The minimum absolute atomic E-state index is 0.368. The Labute approximate surface area is 128 Å². The van der Waals surface area contributed by atoms with E-state index in [0.29, 0.717) is 24.6 Å². The number of nitrogen functional groups attached to an aromatic ring is 1. The number of hydrogen-bond donors (Lipinski definition) is 3. The van der Waals surface area contributed by atoms with Crippen LogP contribution in [0.4, 0.5) is 10.5 Å². The number of ether oxygens (including phenoxy) is 1. The summed E-state index contributed by atoms with van der Waals surface area (Å²) in [4.78, 5) is 24.0. The largest absolute Gasteiger partial charge is 0.494 e. The van der Waals surface area contributed by atoms with E-state index < -0.39 is 11.3 Å². The van der Waals surface area contributed by atoms with Crippen LogP contribution in [0.5, 0.6) is 5.75 Å². The molecule has 0 aliphatic heterocycles. The van der Waals surface area contributed by atoms with Gasteiger partial charge in [0.15, 0.2) is 0 Å². The molecule has 1 rings (SSSR count). The summed E-state index contributed by atoms with van der Waals surface area (Å²) in [6.45, 7) is 6.41. The van der Waals surface area contributed by atoms with Crippen LogP contribution in [0.1, 0.15) is 20.8 Å². The van der Waals surface area contributed by atoms with Crippen molar-refractivity contribution in [3.05, 3.63) is 18.2 Å². The van der Waals surface area contributed by atoms with E-state index in [4.69, 9.17) is 10.5 Å². The molecule has 0 bridgehead atoms. The number of amides is 3. The summed E-state index contributed by atoms with van der Waals surface area (Å²) in [7, 11) is 0. The Hall–Kier alpha value is -1.89. The molecule has 0 heterocycles. The first kappa shape index (κ1) is 17.2. The number of benzene rings is 1. The lowest BCUT2D eigenvalue weighted by Gasteiger charge is -2.14. The van der Waals surface area contributed by atoms with Crippen molar-refractivity contribution >= 4 is 29.4 Å². The van der Waals surface area contributed by atoms with Gasteiger partial charge in [-0.2, -0.15) is 0 Å². The van der Waals surface area contributed by atoms with Gasteiger partial charge in [0.2, 0.25) is 5.91 Å². The number of carbonyl (C=O) groups is 2. The predicted molar refractivity (Wildman–Crippen MR) is 84.6 cm³/mol. The van der Waals surface area contributed by atoms with Gasteiger partial charge in [-0.05, 0) is 39.0 Å². The molecular weight excluding hydrogens is 290 g/mol. The average Bonchev–Trinajstić information content (AvgIpc) is 2.43. The number of hydrogen-bond acceptors (Lipinski definition) is 5. The van der Waals surface area contributed by atoms with Gasteiger partial charge in [-0.3, -0.25) is 10.1 Å². The van der Waals surface area contributed by atoms with Crippen molar-refractivity contribution in [1.82, 2.24) is 10.6 Å². The number of nitrogens with one attached hydrogen (secondary N) is 2. The molecule has 0 fully saturated rings. The summed E-state index contributed by atoms with van der Waals surface area (Å²) in [5.41, 5.74) is 6.47. The normalized spacial score (nSPS) is 11.6. The number of carbonyl (C=O) groups excluding carboxylic acids is 2. The molecule has 0 radical (unpaired) electrons. The fourth-order valence-corrected chi connectivity index (χ4v) is 2.47. The van der Waals surface area contributed by atoms with Crippen LogP contribution in [-0.2, 0) is 4.79 Å². The molecule has 116 valence electrons. The van der Waals surface area contributed by atoms with Gasteiger partial charge in [-0.25, -0.2) is 4.79 Å². The Morgan fingerprint density at radius 2 is 2.10 bits per heavy atom. The van der Waals surface area contributed by atoms with Gasteiger partial charge >= 0.3 is 6.03 Å². The van der Waals surface area contributed by atoms with Gasteiger partial charge < -0.3 is 15.8 Å². The van der Waals surface area contributed by atoms with Crippen LogP contribution in [0.3, 0.4) is 0 Å². The second kappa shape index (κ2) is 8.41. The van der Waals surface area contributed by atoms with E-state index in [1.165, 1.54) is 11.8 Å². The quantitative estimate of drug-likeness (QED) is 0.552. The van der Waals surface area contributed by atoms with Gasteiger partial charge in [-0.15, -0.1) is 11.8 Å². The second-order valence-corrected chi connectivity index (χ2v) is 5.62. The first-order valence-corrected chi connectivity index (χ1v) is 7.63. The van der Waals surface area contributed by atoms with E-state index >= 15 is 0 Å². The highest BCUT2D eigenvalue weighted by Gasteiger charge is 2.18. The maximum Gasteiger partial charge on any atom is 0.321 e. The summed E-state index contributed by atoms with van der Waals surface area (Å²) in [5, 5.41) is 4.33. The minimum atomic E-state index is -0.494. The smallest absolute Gasteiger partial charge is 0.321 e. The molecule has 1 aromatic carbocycles. The van der Waals surface area contributed by atoms with Crippen LogP contribution in [0.25, 0.3) is 0 Å². The number of thioether (sulfide) groups is 1. The van der Waals surface area contributed by atoms with E-state index in [2.05, 4.69) is 10.6 Å². The van der Waals surface area contributed by atoms with Gasteiger partial charge in [0.05, 0.1) is 11.9 Å². The molecule has 3 amide bonds. The van der Waals surface area contributed by atoms with Crippen molar-refractivity contribution in [2.75, 3.05) is 18.9 Å². The Morgan fingerprint density at radius 3 is 2.71 bits per heavy atom. The van der Waals surface area contributed by atoms with E-state index in [9.17, 15) is 9.59 Å². The molecule has 0 spiro atoms. The summed E-state index contributed by atoms with van der Waals surface area (Å²) >= 11 is 1.28. The second-order valence-electron chi connectivity index (χ2n) is 4.24. The highest BCUT2D eigenvalue weighted by molar-refractivity contribution is 8.00. The van der Waals surface area contributed by atoms with Gasteiger partial charge in [0, 0.05) is 17.1 Å². The molecule has 1 unspecified atom stereocenters. The molecule has 0 aromatic heterocycles. The molecular formula is C14H21N3O3S.